The van der Waals surface area contributed by atoms with E-state index >= 15 is 0 Å². The Morgan fingerprint density at radius 1 is 1.42 bits per heavy atom. The number of nitrogens with zero attached hydrogens (tertiary/aromatic N) is 3. The molecule has 1 unspecified atom stereocenters. The van der Waals surface area contributed by atoms with Crippen molar-refractivity contribution in [3.63, 3.8) is 0 Å². The van der Waals surface area contributed by atoms with Crippen LogP contribution >= 0.6 is 0 Å². The van der Waals surface area contributed by atoms with Crippen molar-refractivity contribution >= 4 is 5.91 Å². The third kappa shape index (κ3) is 3.17. The quantitative estimate of drug-likeness (QED) is 0.832. The number of rotatable bonds is 5. The first-order valence-electron chi connectivity index (χ1n) is 6.14. The van der Waals surface area contributed by atoms with Crippen LogP contribution < -0.4 is 5.32 Å². The fourth-order valence-electron chi connectivity index (χ4n) is 1.61. The molecule has 6 nitrogen and oxygen atoms in total. The van der Waals surface area contributed by atoms with Gasteiger partial charge in [-0.1, -0.05) is 30.3 Å². The van der Waals surface area contributed by atoms with Crippen molar-refractivity contribution in [1.29, 1.82) is 0 Å². The summed E-state index contributed by atoms with van der Waals surface area (Å²) in [6, 6.07) is 9.17. The molecule has 0 fully saturated rings. The van der Waals surface area contributed by atoms with E-state index in [0.717, 1.165) is 5.69 Å². The Hall–Kier alpha value is -2.21. The third-order valence-electron chi connectivity index (χ3n) is 2.80. The fraction of sp³-hybridized carbons (Fsp3) is 0.308. The first-order chi connectivity index (χ1) is 9.24. The van der Waals surface area contributed by atoms with Crippen LogP contribution in [0, 0.1) is 0 Å². The lowest BCUT2D eigenvalue weighted by Crippen LogP contribution is -2.37. The standard InChI is InChI=1S/C13H16N4O2/c1-2-10(9-18)14-13(19)12-8-17(16-15-12)11-6-4-3-5-7-11/h3-8,10,18H,2,9H2,1H3,(H,14,19). The number of hydrogen-bond acceptors (Lipinski definition) is 4. The van der Waals surface area contributed by atoms with Gasteiger partial charge in [-0.15, -0.1) is 5.10 Å². The van der Waals surface area contributed by atoms with Gasteiger partial charge in [0.2, 0.25) is 0 Å². The largest absolute Gasteiger partial charge is 0.394 e. The normalized spacial score (nSPS) is 12.1. The minimum Gasteiger partial charge on any atom is -0.394 e. The third-order valence-corrected chi connectivity index (χ3v) is 2.80. The number of hydrogen-bond donors (Lipinski definition) is 2. The Morgan fingerprint density at radius 3 is 2.79 bits per heavy atom. The molecule has 0 aliphatic heterocycles. The summed E-state index contributed by atoms with van der Waals surface area (Å²) < 4.78 is 1.54. The summed E-state index contributed by atoms with van der Waals surface area (Å²) in [6.07, 6.45) is 2.23. The van der Waals surface area contributed by atoms with E-state index in [0.29, 0.717) is 6.42 Å². The number of amides is 1. The zero-order chi connectivity index (χ0) is 13.7. The number of carbonyl (C=O) groups excluding carboxylic acids is 1. The Morgan fingerprint density at radius 2 is 2.16 bits per heavy atom. The van der Waals surface area contributed by atoms with Gasteiger partial charge in [0.15, 0.2) is 5.69 Å². The van der Waals surface area contributed by atoms with Crippen LogP contribution in [0.1, 0.15) is 23.8 Å². The average molecular weight is 260 g/mol. The maximum Gasteiger partial charge on any atom is 0.273 e. The van der Waals surface area contributed by atoms with Gasteiger partial charge < -0.3 is 10.4 Å². The van der Waals surface area contributed by atoms with Gasteiger partial charge in [0.05, 0.1) is 24.5 Å². The number of aliphatic hydroxyl groups is 1. The number of aromatic nitrogens is 3. The molecule has 1 amide bonds. The molecule has 2 rings (SSSR count). The van der Waals surface area contributed by atoms with Gasteiger partial charge in [-0.2, -0.15) is 0 Å². The Balaban J connectivity index is 2.11. The summed E-state index contributed by atoms with van der Waals surface area (Å²) in [5, 5.41) is 19.5. The molecule has 1 aromatic heterocycles. The molecule has 0 saturated heterocycles. The van der Waals surface area contributed by atoms with E-state index in [1.54, 1.807) is 6.20 Å². The van der Waals surface area contributed by atoms with Gasteiger partial charge in [-0.3, -0.25) is 4.79 Å². The van der Waals surface area contributed by atoms with Crippen LogP contribution in [0.2, 0.25) is 0 Å². The monoisotopic (exact) mass is 260 g/mol. The molecule has 2 N–H and O–H groups in total. The number of aliphatic hydroxyl groups excluding tert-OH is 1. The smallest absolute Gasteiger partial charge is 0.273 e. The predicted octanol–water partition coefficient (Wildman–Crippen LogP) is 0.768. The van der Waals surface area contributed by atoms with Crippen LogP contribution in [0.25, 0.3) is 5.69 Å². The number of para-hydroxylation sites is 1. The van der Waals surface area contributed by atoms with E-state index < -0.39 is 0 Å². The van der Waals surface area contributed by atoms with Gasteiger partial charge in [0.25, 0.3) is 5.91 Å². The van der Waals surface area contributed by atoms with E-state index in [2.05, 4.69) is 15.6 Å². The van der Waals surface area contributed by atoms with Crippen LogP contribution in [0.4, 0.5) is 0 Å². The lowest BCUT2D eigenvalue weighted by atomic mass is 10.2. The van der Waals surface area contributed by atoms with Crippen molar-refractivity contribution in [2.45, 2.75) is 19.4 Å². The molecule has 0 aliphatic rings. The minimum atomic E-state index is -0.330. The fourth-order valence-corrected chi connectivity index (χ4v) is 1.61. The zero-order valence-corrected chi connectivity index (χ0v) is 10.7. The summed E-state index contributed by atoms with van der Waals surface area (Å²) in [5.41, 5.74) is 1.07. The summed E-state index contributed by atoms with van der Waals surface area (Å²) >= 11 is 0. The Kier molecular flexibility index (Phi) is 4.25. The van der Waals surface area contributed by atoms with Gasteiger partial charge in [-0.05, 0) is 18.6 Å². The summed E-state index contributed by atoms with van der Waals surface area (Å²) in [7, 11) is 0. The molecule has 0 aliphatic carbocycles. The molecular formula is C13H16N4O2. The summed E-state index contributed by atoms with van der Waals surface area (Å²) in [5.74, 6) is -0.330. The topological polar surface area (TPSA) is 80.0 Å². The molecule has 100 valence electrons. The number of nitrogens with one attached hydrogen (secondary N) is 1. The van der Waals surface area contributed by atoms with Crippen LogP contribution in [-0.4, -0.2) is 38.7 Å². The molecule has 0 radical (unpaired) electrons. The van der Waals surface area contributed by atoms with Gasteiger partial charge in [0.1, 0.15) is 0 Å². The van der Waals surface area contributed by atoms with Crippen LogP contribution in [-0.2, 0) is 0 Å². The second kappa shape index (κ2) is 6.10. The highest BCUT2D eigenvalue weighted by Gasteiger charge is 2.14. The van der Waals surface area contributed by atoms with Crippen molar-refractivity contribution in [3.05, 3.63) is 42.2 Å². The van der Waals surface area contributed by atoms with Gasteiger partial charge in [-0.25, -0.2) is 4.68 Å². The molecule has 0 saturated carbocycles. The first kappa shape index (κ1) is 13.2. The summed E-state index contributed by atoms with van der Waals surface area (Å²) in [6.45, 7) is 1.80. The van der Waals surface area contributed by atoms with E-state index in [-0.39, 0.29) is 24.2 Å². The highest BCUT2D eigenvalue weighted by Crippen LogP contribution is 2.05. The highest BCUT2D eigenvalue weighted by molar-refractivity contribution is 5.92. The maximum atomic E-state index is 11.9. The predicted molar refractivity (Wildman–Crippen MR) is 70.0 cm³/mol. The van der Waals surface area contributed by atoms with E-state index in [1.807, 2.05) is 37.3 Å². The second-order valence-electron chi connectivity index (χ2n) is 4.15. The molecule has 0 spiro atoms. The zero-order valence-electron chi connectivity index (χ0n) is 10.7. The highest BCUT2D eigenvalue weighted by atomic mass is 16.3. The Labute approximate surface area is 111 Å². The van der Waals surface area contributed by atoms with Crippen LogP contribution in [0.5, 0.6) is 0 Å². The average Bonchev–Trinajstić information content (AvgIpc) is 2.95. The van der Waals surface area contributed by atoms with Gasteiger partial charge in [0, 0.05) is 0 Å². The minimum absolute atomic E-state index is 0.0882. The van der Waals surface area contributed by atoms with E-state index in [1.165, 1.54) is 4.68 Å². The summed E-state index contributed by atoms with van der Waals surface area (Å²) in [4.78, 5) is 11.9. The maximum absolute atomic E-state index is 11.9. The molecule has 1 heterocycles. The molecular weight excluding hydrogens is 244 g/mol. The molecule has 1 atom stereocenters. The molecule has 1 aromatic carbocycles. The van der Waals surface area contributed by atoms with Crippen molar-refractivity contribution in [2.75, 3.05) is 6.61 Å². The number of benzene rings is 1. The SMILES string of the molecule is CCC(CO)NC(=O)c1cn(-c2ccccc2)nn1. The van der Waals surface area contributed by atoms with Crippen LogP contribution in [0.3, 0.4) is 0 Å². The van der Waals surface area contributed by atoms with E-state index in [9.17, 15) is 4.79 Å². The molecule has 2 aromatic rings. The molecule has 19 heavy (non-hydrogen) atoms. The Bertz CT molecular complexity index is 535. The first-order valence-corrected chi connectivity index (χ1v) is 6.14. The van der Waals surface area contributed by atoms with Gasteiger partial charge >= 0.3 is 0 Å². The lowest BCUT2D eigenvalue weighted by Gasteiger charge is -2.12. The van der Waals surface area contributed by atoms with Crippen molar-refractivity contribution in [1.82, 2.24) is 20.3 Å². The van der Waals surface area contributed by atoms with Crippen molar-refractivity contribution in [3.8, 4) is 5.69 Å². The van der Waals surface area contributed by atoms with E-state index in [4.69, 9.17) is 5.11 Å². The number of carbonyl (C=O) groups is 1. The molecule has 0 bridgehead atoms. The van der Waals surface area contributed by atoms with Crippen molar-refractivity contribution < 1.29 is 9.90 Å². The lowest BCUT2D eigenvalue weighted by molar-refractivity contribution is 0.0910. The van der Waals surface area contributed by atoms with Crippen molar-refractivity contribution in [2.24, 2.45) is 0 Å². The molecule has 6 heteroatoms. The van der Waals surface area contributed by atoms with Crippen LogP contribution in [0.15, 0.2) is 36.5 Å². The second-order valence-corrected chi connectivity index (χ2v) is 4.15.